The van der Waals surface area contributed by atoms with Crippen LogP contribution >= 0.6 is 0 Å². The molecule has 1 atom stereocenters. The van der Waals surface area contributed by atoms with Crippen LogP contribution in [0.25, 0.3) is 11.4 Å². The molecule has 3 aromatic rings. The Labute approximate surface area is 224 Å². The van der Waals surface area contributed by atoms with Gasteiger partial charge in [-0.2, -0.15) is 0 Å². The first kappa shape index (κ1) is 29.3. The summed E-state index contributed by atoms with van der Waals surface area (Å²) in [6.45, 7) is 8.26. The third-order valence-electron chi connectivity index (χ3n) is 5.43. The van der Waals surface area contributed by atoms with Crippen molar-refractivity contribution in [1.82, 2.24) is 15.0 Å². The Balaban J connectivity index is 2.04. The second kappa shape index (κ2) is 12.1. The predicted octanol–water partition coefficient (Wildman–Crippen LogP) is 4.49. The van der Waals surface area contributed by atoms with Gasteiger partial charge in [-0.25, -0.2) is 23.5 Å². The van der Waals surface area contributed by atoms with Gasteiger partial charge < -0.3 is 14.2 Å². The van der Waals surface area contributed by atoms with E-state index < -0.39 is 46.6 Å². The van der Waals surface area contributed by atoms with Gasteiger partial charge in [0.05, 0.1) is 36.4 Å². The van der Waals surface area contributed by atoms with Crippen molar-refractivity contribution < 1.29 is 37.4 Å². The maximum atomic E-state index is 14.5. The van der Waals surface area contributed by atoms with E-state index in [1.165, 1.54) is 25.3 Å². The number of carbonyl (C=O) groups excluding carboxylic acids is 3. The zero-order chi connectivity index (χ0) is 28.9. The van der Waals surface area contributed by atoms with Crippen LogP contribution in [0.5, 0.6) is 0 Å². The van der Waals surface area contributed by atoms with Crippen LogP contribution in [-0.4, -0.2) is 52.2 Å². The first-order valence-corrected chi connectivity index (χ1v) is 12.1. The Morgan fingerprint density at radius 3 is 2.21 bits per heavy atom. The highest BCUT2D eigenvalue weighted by atomic mass is 19.1. The fourth-order valence-corrected chi connectivity index (χ4v) is 3.77. The summed E-state index contributed by atoms with van der Waals surface area (Å²) in [5.74, 6) is -5.69. The average molecular weight is 542 g/mol. The van der Waals surface area contributed by atoms with Gasteiger partial charge in [-0.05, 0) is 58.4 Å². The SMILES string of the molecule is CCOC(=O)c1c(C)nc(-c2c(F)cccc2F)nc1Cc1ccc(C(C(=O)OC)C(=O)OC(C)(C)C)nc1. The molecule has 3 rings (SSSR count). The van der Waals surface area contributed by atoms with Crippen LogP contribution < -0.4 is 0 Å². The maximum absolute atomic E-state index is 14.5. The lowest BCUT2D eigenvalue weighted by Gasteiger charge is -2.22. The zero-order valence-electron chi connectivity index (χ0n) is 22.5. The molecule has 1 unspecified atom stereocenters. The standard InChI is InChI=1S/C28H29F2N3O6/c1-7-38-26(35)21-15(2)32-24(22-17(29)9-8-10-18(22)30)33-20(21)13-16-11-12-19(31-14-16)23(25(34)37-6)27(36)39-28(3,4)5/h8-12,14,23H,7,13H2,1-6H3. The lowest BCUT2D eigenvalue weighted by atomic mass is 10.0. The molecular weight excluding hydrogens is 512 g/mol. The fourth-order valence-electron chi connectivity index (χ4n) is 3.77. The largest absolute Gasteiger partial charge is 0.468 e. The molecule has 206 valence electrons. The molecule has 0 amide bonds. The molecule has 0 aliphatic rings. The quantitative estimate of drug-likeness (QED) is 0.231. The van der Waals surface area contributed by atoms with Gasteiger partial charge >= 0.3 is 17.9 Å². The zero-order valence-corrected chi connectivity index (χ0v) is 22.5. The molecule has 0 aliphatic heterocycles. The first-order valence-electron chi connectivity index (χ1n) is 12.1. The van der Waals surface area contributed by atoms with E-state index >= 15 is 0 Å². The summed E-state index contributed by atoms with van der Waals surface area (Å²) in [5, 5.41) is 0. The van der Waals surface area contributed by atoms with Crippen molar-refractivity contribution in [3.63, 3.8) is 0 Å². The van der Waals surface area contributed by atoms with Crippen molar-refractivity contribution >= 4 is 17.9 Å². The van der Waals surface area contributed by atoms with Gasteiger partial charge in [0.1, 0.15) is 22.8 Å². The Kier molecular flexibility index (Phi) is 9.05. The highest BCUT2D eigenvalue weighted by molar-refractivity contribution is 6.00. The monoisotopic (exact) mass is 541 g/mol. The normalized spacial score (nSPS) is 12.0. The van der Waals surface area contributed by atoms with Crippen LogP contribution in [0.4, 0.5) is 8.78 Å². The highest BCUT2D eigenvalue weighted by Crippen LogP contribution is 2.27. The van der Waals surface area contributed by atoms with Crippen LogP contribution in [0.1, 0.15) is 66.6 Å². The predicted molar refractivity (Wildman–Crippen MR) is 136 cm³/mol. The minimum absolute atomic E-state index is 0.00316. The van der Waals surface area contributed by atoms with Gasteiger partial charge in [0.25, 0.3) is 0 Å². The molecule has 9 nitrogen and oxygen atoms in total. The number of esters is 3. The van der Waals surface area contributed by atoms with Crippen LogP contribution in [-0.2, 0) is 30.2 Å². The number of nitrogens with zero attached hydrogens (tertiary/aromatic N) is 3. The molecule has 0 bridgehead atoms. The minimum atomic E-state index is -1.41. The summed E-state index contributed by atoms with van der Waals surface area (Å²) in [4.78, 5) is 50.5. The molecule has 0 spiro atoms. The molecule has 2 aromatic heterocycles. The van der Waals surface area contributed by atoms with E-state index in [4.69, 9.17) is 14.2 Å². The van der Waals surface area contributed by atoms with Crippen LogP contribution in [0.2, 0.25) is 0 Å². The van der Waals surface area contributed by atoms with E-state index in [0.717, 1.165) is 19.2 Å². The third kappa shape index (κ3) is 6.98. The number of carbonyl (C=O) groups is 3. The van der Waals surface area contributed by atoms with E-state index in [9.17, 15) is 23.2 Å². The summed E-state index contributed by atoms with van der Waals surface area (Å²) in [6.07, 6.45) is 1.40. The summed E-state index contributed by atoms with van der Waals surface area (Å²) in [6, 6.07) is 6.43. The molecule has 0 aliphatic carbocycles. The molecule has 0 fully saturated rings. The molecule has 0 saturated carbocycles. The Bertz CT molecular complexity index is 1370. The smallest absolute Gasteiger partial charge is 0.341 e. The number of aryl methyl sites for hydroxylation is 1. The van der Waals surface area contributed by atoms with E-state index in [1.807, 2.05) is 0 Å². The number of ether oxygens (including phenoxy) is 3. The summed E-state index contributed by atoms with van der Waals surface area (Å²) >= 11 is 0. The van der Waals surface area contributed by atoms with Gasteiger partial charge in [-0.15, -0.1) is 0 Å². The van der Waals surface area contributed by atoms with Crippen LogP contribution in [0.3, 0.4) is 0 Å². The molecule has 0 radical (unpaired) electrons. The number of aromatic nitrogens is 3. The molecule has 39 heavy (non-hydrogen) atoms. The molecular formula is C28H29F2N3O6. The molecule has 2 heterocycles. The summed E-state index contributed by atoms with van der Waals surface area (Å²) in [7, 11) is 1.15. The lowest BCUT2D eigenvalue weighted by molar-refractivity contribution is -0.163. The number of hydrogen-bond donors (Lipinski definition) is 0. The first-order chi connectivity index (χ1) is 18.4. The number of rotatable bonds is 8. The van der Waals surface area contributed by atoms with Crippen molar-refractivity contribution in [1.29, 1.82) is 0 Å². The van der Waals surface area contributed by atoms with E-state index in [0.29, 0.717) is 5.56 Å². The lowest BCUT2D eigenvalue weighted by Crippen LogP contribution is -2.32. The summed E-state index contributed by atoms with van der Waals surface area (Å²) < 4.78 is 44.3. The molecule has 0 saturated heterocycles. The van der Waals surface area contributed by atoms with Crippen molar-refractivity contribution in [3.05, 3.63) is 76.4 Å². The number of halogens is 2. The maximum Gasteiger partial charge on any atom is 0.341 e. The Morgan fingerprint density at radius 1 is 1.00 bits per heavy atom. The van der Waals surface area contributed by atoms with Gasteiger partial charge in [0.15, 0.2) is 11.7 Å². The third-order valence-corrected chi connectivity index (χ3v) is 5.43. The van der Waals surface area contributed by atoms with E-state index in [-0.39, 0.29) is 41.5 Å². The van der Waals surface area contributed by atoms with Gasteiger partial charge in [-0.3, -0.25) is 14.6 Å². The number of hydrogen-bond acceptors (Lipinski definition) is 9. The van der Waals surface area contributed by atoms with E-state index in [1.54, 1.807) is 33.8 Å². The number of pyridine rings is 1. The Hall–Kier alpha value is -4.28. The minimum Gasteiger partial charge on any atom is -0.468 e. The van der Waals surface area contributed by atoms with Crippen molar-refractivity contribution in [2.45, 2.75) is 52.6 Å². The van der Waals surface area contributed by atoms with Gasteiger partial charge in [-0.1, -0.05) is 12.1 Å². The second-order valence-corrected chi connectivity index (χ2v) is 9.53. The summed E-state index contributed by atoms with van der Waals surface area (Å²) in [5.41, 5.74) is -0.256. The number of benzene rings is 1. The molecule has 0 N–H and O–H groups in total. The van der Waals surface area contributed by atoms with Crippen molar-refractivity contribution in [3.8, 4) is 11.4 Å². The average Bonchev–Trinajstić information content (AvgIpc) is 2.84. The second-order valence-electron chi connectivity index (χ2n) is 9.53. The van der Waals surface area contributed by atoms with Crippen LogP contribution in [0, 0.1) is 18.6 Å². The molecule has 11 heteroatoms. The fraction of sp³-hybridized carbons (Fsp3) is 0.357. The molecule has 1 aromatic carbocycles. The van der Waals surface area contributed by atoms with Crippen molar-refractivity contribution in [2.75, 3.05) is 13.7 Å². The van der Waals surface area contributed by atoms with Gasteiger partial charge in [0.2, 0.25) is 0 Å². The number of methoxy groups -OCH3 is 1. The van der Waals surface area contributed by atoms with Crippen LogP contribution in [0.15, 0.2) is 36.5 Å². The topological polar surface area (TPSA) is 118 Å². The van der Waals surface area contributed by atoms with Crippen molar-refractivity contribution in [2.24, 2.45) is 0 Å². The highest BCUT2D eigenvalue weighted by Gasteiger charge is 2.35. The Morgan fingerprint density at radius 2 is 1.67 bits per heavy atom. The van der Waals surface area contributed by atoms with E-state index in [2.05, 4.69) is 15.0 Å². The van der Waals surface area contributed by atoms with Gasteiger partial charge in [0, 0.05) is 12.6 Å².